The summed E-state index contributed by atoms with van der Waals surface area (Å²) < 4.78 is 14.1. The Hall–Kier alpha value is -2.36. The summed E-state index contributed by atoms with van der Waals surface area (Å²) in [6.45, 7) is 8.13. The van der Waals surface area contributed by atoms with Crippen molar-refractivity contribution < 1.29 is 9.18 Å². The lowest BCUT2D eigenvalue weighted by Gasteiger charge is -2.37. The van der Waals surface area contributed by atoms with Crippen LogP contribution in [0.4, 0.5) is 10.1 Å². The van der Waals surface area contributed by atoms with Crippen LogP contribution >= 0.6 is 24.0 Å². The maximum atomic E-state index is 14.1. The molecule has 178 valence electrons. The van der Waals surface area contributed by atoms with E-state index in [1.165, 1.54) is 6.07 Å². The molecule has 0 bridgehead atoms. The van der Waals surface area contributed by atoms with Crippen LogP contribution in [-0.2, 0) is 17.9 Å². The number of halogens is 2. The Balaban J connectivity index is 0.00000306. The molecular weight excluding hydrogens is 532 g/mol. The number of guanidine groups is 1. The maximum Gasteiger partial charge on any atom is 0.222 e. The minimum absolute atomic E-state index is 0. The van der Waals surface area contributed by atoms with Gasteiger partial charge in [0.1, 0.15) is 5.82 Å². The van der Waals surface area contributed by atoms with Gasteiger partial charge in [-0.2, -0.15) is 0 Å². The van der Waals surface area contributed by atoms with Gasteiger partial charge in [-0.05, 0) is 36.6 Å². The standard InChI is InChI=1S/C25H32FN5O.HI/c1-2-27-25(30-16-14-29(15-17-30)23-7-4-3-6-22(23)26)28-18-20-9-11-21(12-10-20)19-31-13-5-8-24(31)32;/h3-4,6-7,9-12H,2,5,8,13-19H2,1H3,(H,27,28);1H. The molecule has 1 amide bonds. The highest BCUT2D eigenvalue weighted by Crippen LogP contribution is 2.20. The van der Waals surface area contributed by atoms with E-state index in [0.717, 1.165) is 62.8 Å². The fourth-order valence-corrected chi connectivity index (χ4v) is 4.30. The van der Waals surface area contributed by atoms with Gasteiger partial charge in [0.2, 0.25) is 5.91 Å². The van der Waals surface area contributed by atoms with Gasteiger partial charge in [-0.25, -0.2) is 9.38 Å². The first-order chi connectivity index (χ1) is 15.6. The lowest BCUT2D eigenvalue weighted by atomic mass is 10.1. The third-order valence-corrected chi connectivity index (χ3v) is 6.09. The van der Waals surface area contributed by atoms with Gasteiger partial charge in [0.25, 0.3) is 0 Å². The van der Waals surface area contributed by atoms with Gasteiger partial charge in [-0.3, -0.25) is 4.79 Å². The highest BCUT2D eigenvalue weighted by atomic mass is 127. The molecule has 0 aromatic heterocycles. The number of carbonyl (C=O) groups excluding carboxylic acids is 1. The Bertz CT molecular complexity index is 944. The van der Waals surface area contributed by atoms with E-state index in [4.69, 9.17) is 4.99 Å². The summed E-state index contributed by atoms with van der Waals surface area (Å²) in [6.07, 6.45) is 1.64. The number of aliphatic imine (C=N–C) groups is 1. The van der Waals surface area contributed by atoms with E-state index in [9.17, 15) is 9.18 Å². The second-order valence-corrected chi connectivity index (χ2v) is 8.33. The number of piperazine rings is 1. The number of nitrogens with zero attached hydrogens (tertiary/aromatic N) is 4. The molecule has 2 saturated heterocycles. The quantitative estimate of drug-likeness (QED) is 0.329. The van der Waals surface area contributed by atoms with E-state index < -0.39 is 0 Å². The van der Waals surface area contributed by atoms with Crippen molar-refractivity contribution >= 4 is 41.5 Å². The smallest absolute Gasteiger partial charge is 0.222 e. The number of hydrogen-bond acceptors (Lipinski definition) is 3. The molecule has 2 aromatic carbocycles. The van der Waals surface area contributed by atoms with Gasteiger partial charge in [0, 0.05) is 52.2 Å². The number of para-hydroxylation sites is 1. The molecule has 2 aliphatic rings. The van der Waals surface area contributed by atoms with Crippen molar-refractivity contribution in [2.45, 2.75) is 32.9 Å². The second-order valence-electron chi connectivity index (χ2n) is 8.33. The molecule has 2 fully saturated rings. The minimum Gasteiger partial charge on any atom is -0.366 e. The van der Waals surface area contributed by atoms with Crippen LogP contribution in [0.5, 0.6) is 0 Å². The first-order valence-electron chi connectivity index (χ1n) is 11.5. The van der Waals surface area contributed by atoms with Crippen molar-refractivity contribution in [1.82, 2.24) is 15.1 Å². The lowest BCUT2D eigenvalue weighted by Crippen LogP contribution is -2.52. The van der Waals surface area contributed by atoms with E-state index >= 15 is 0 Å². The van der Waals surface area contributed by atoms with Crippen molar-refractivity contribution in [3.8, 4) is 0 Å². The molecule has 0 radical (unpaired) electrons. The van der Waals surface area contributed by atoms with Crippen molar-refractivity contribution in [1.29, 1.82) is 0 Å². The molecule has 0 atom stereocenters. The molecule has 33 heavy (non-hydrogen) atoms. The Kier molecular flexibility index (Phi) is 9.34. The predicted octanol–water partition coefficient (Wildman–Crippen LogP) is 3.85. The number of hydrogen-bond donors (Lipinski definition) is 1. The molecule has 1 N–H and O–H groups in total. The van der Waals surface area contributed by atoms with Gasteiger partial charge >= 0.3 is 0 Å². The SMILES string of the molecule is CCNC(=NCc1ccc(CN2CCCC2=O)cc1)N1CCN(c2ccccc2F)CC1.I. The Morgan fingerprint density at radius 3 is 2.33 bits per heavy atom. The monoisotopic (exact) mass is 565 g/mol. The van der Waals surface area contributed by atoms with E-state index in [-0.39, 0.29) is 35.7 Å². The first-order valence-corrected chi connectivity index (χ1v) is 11.5. The number of benzene rings is 2. The molecule has 0 saturated carbocycles. The van der Waals surface area contributed by atoms with Crippen LogP contribution in [0.2, 0.25) is 0 Å². The van der Waals surface area contributed by atoms with E-state index in [1.807, 2.05) is 17.0 Å². The largest absolute Gasteiger partial charge is 0.366 e. The molecular formula is C25H33FIN5O. The molecule has 2 heterocycles. The Labute approximate surface area is 212 Å². The third kappa shape index (κ3) is 6.59. The molecule has 2 aliphatic heterocycles. The van der Waals surface area contributed by atoms with Crippen molar-refractivity contribution in [2.24, 2.45) is 4.99 Å². The highest BCUT2D eigenvalue weighted by Gasteiger charge is 2.22. The summed E-state index contributed by atoms with van der Waals surface area (Å²) in [4.78, 5) is 22.9. The molecule has 2 aromatic rings. The topological polar surface area (TPSA) is 51.2 Å². The minimum atomic E-state index is -0.168. The van der Waals surface area contributed by atoms with Crippen LogP contribution in [0.1, 0.15) is 30.9 Å². The zero-order valence-corrected chi connectivity index (χ0v) is 21.5. The van der Waals surface area contributed by atoms with Crippen LogP contribution in [0.25, 0.3) is 0 Å². The number of carbonyl (C=O) groups is 1. The summed E-state index contributed by atoms with van der Waals surface area (Å²) >= 11 is 0. The van der Waals surface area contributed by atoms with Crippen LogP contribution in [0.3, 0.4) is 0 Å². The normalized spacial score (nSPS) is 16.7. The average Bonchev–Trinajstić information content (AvgIpc) is 3.22. The molecule has 6 nitrogen and oxygen atoms in total. The van der Waals surface area contributed by atoms with Gasteiger partial charge in [-0.1, -0.05) is 36.4 Å². The number of rotatable bonds is 6. The van der Waals surface area contributed by atoms with Crippen LogP contribution in [-0.4, -0.2) is 60.9 Å². The van der Waals surface area contributed by atoms with Crippen molar-refractivity contribution in [3.05, 3.63) is 65.5 Å². The first kappa shape index (κ1) is 25.3. The zero-order valence-electron chi connectivity index (χ0n) is 19.2. The number of nitrogens with one attached hydrogen (secondary N) is 1. The third-order valence-electron chi connectivity index (χ3n) is 6.09. The van der Waals surface area contributed by atoms with Gasteiger partial charge < -0.3 is 20.0 Å². The number of amides is 1. The molecule has 0 unspecified atom stereocenters. The van der Waals surface area contributed by atoms with Crippen LogP contribution in [0.15, 0.2) is 53.5 Å². The fourth-order valence-electron chi connectivity index (χ4n) is 4.30. The van der Waals surface area contributed by atoms with E-state index in [2.05, 4.69) is 46.3 Å². The number of anilines is 1. The zero-order chi connectivity index (χ0) is 22.3. The molecule has 0 spiro atoms. The van der Waals surface area contributed by atoms with Crippen LogP contribution in [0, 0.1) is 5.82 Å². The van der Waals surface area contributed by atoms with Gasteiger partial charge in [0.15, 0.2) is 5.96 Å². The van der Waals surface area contributed by atoms with E-state index in [0.29, 0.717) is 25.2 Å². The fraction of sp³-hybridized carbons (Fsp3) is 0.440. The predicted molar refractivity (Wildman–Crippen MR) is 142 cm³/mol. The second kappa shape index (κ2) is 12.2. The summed E-state index contributed by atoms with van der Waals surface area (Å²) in [5, 5.41) is 3.39. The summed E-state index contributed by atoms with van der Waals surface area (Å²) in [6, 6.07) is 15.3. The van der Waals surface area contributed by atoms with Gasteiger partial charge in [-0.15, -0.1) is 24.0 Å². The Morgan fingerprint density at radius 1 is 1.00 bits per heavy atom. The Morgan fingerprint density at radius 2 is 1.70 bits per heavy atom. The molecule has 0 aliphatic carbocycles. The van der Waals surface area contributed by atoms with Crippen molar-refractivity contribution in [2.75, 3.05) is 44.2 Å². The van der Waals surface area contributed by atoms with Crippen molar-refractivity contribution in [3.63, 3.8) is 0 Å². The van der Waals surface area contributed by atoms with Gasteiger partial charge in [0.05, 0.1) is 12.2 Å². The summed E-state index contributed by atoms with van der Waals surface area (Å²) in [5.41, 5.74) is 2.97. The summed E-state index contributed by atoms with van der Waals surface area (Å²) in [7, 11) is 0. The average molecular weight is 565 g/mol. The maximum absolute atomic E-state index is 14.1. The molecule has 8 heteroatoms. The highest BCUT2D eigenvalue weighted by molar-refractivity contribution is 14.0. The lowest BCUT2D eigenvalue weighted by molar-refractivity contribution is -0.128. The van der Waals surface area contributed by atoms with Crippen LogP contribution < -0.4 is 10.2 Å². The van der Waals surface area contributed by atoms with E-state index in [1.54, 1.807) is 6.07 Å². The number of likely N-dealkylation sites (tertiary alicyclic amines) is 1. The molecule has 4 rings (SSSR count). The summed E-state index contributed by atoms with van der Waals surface area (Å²) in [5.74, 6) is 0.982.